The molecule has 1 aliphatic heterocycles. The van der Waals surface area contributed by atoms with E-state index in [4.69, 9.17) is 14.2 Å². The van der Waals surface area contributed by atoms with E-state index in [-0.39, 0.29) is 19.4 Å². The Bertz CT molecular complexity index is 1630. The van der Waals surface area contributed by atoms with Crippen LogP contribution in [0.4, 0.5) is 0 Å². The van der Waals surface area contributed by atoms with E-state index in [1.165, 1.54) is 83.5 Å². The maximum atomic E-state index is 13.3. The average Bonchev–Trinajstić information content (AvgIpc) is 3.45. The number of allylic oxidation sites excluding steroid dienone is 15. The summed E-state index contributed by atoms with van der Waals surface area (Å²) >= 11 is 0. The maximum absolute atomic E-state index is 13.3. The van der Waals surface area contributed by atoms with E-state index in [9.17, 15) is 35.1 Å². The molecule has 0 saturated carbocycles. The lowest BCUT2D eigenvalue weighted by Crippen LogP contribution is -2.61. The van der Waals surface area contributed by atoms with Gasteiger partial charge in [-0.2, -0.15) is 0 Å². The van der Waals surface area contributed by atoms with Crippen LogP contribution in [-0.2, 0) is 23.8 Å². The van der Waals surface area contributed by atoms with Crippen molar-refractivity contribution in [2.45, 2.75) is 301 Å². The molecule has 0 aromatic rings. The first-order valence-corrected chi connectivity index (χ1v) is 31.5. The predicted octanol–water partition coefficient (Wildman–Crippen LogP) is 15.1. The van der Waals surface area contributed by atoms with Gasteiger partial charge in [-0.15, -0.1) is 0 Å². The van der Waals surface area contributed by atoms with Gasteiger partial charge in [-0.05, 0) is 96.3 Å². The molecule has 1 fully saturated rings. The third-order valence-corrected chi connectivity index (χ3v) is 14.2. The van der Waals surface area contributed by atoms with Gasteiger partial charge in [0.25, 0.3) is 0 Å². The third kappa shape index (κ3) is 41.6. The smallest absolute Gasteiger partial charge is 0.306 e. The average molecular weight is 1090 g/mol. The van der Waals surface area contributed by atoms with Crippen LogP contribution in [0.2, 0.25) is 0 Å². The standard InChI is InChI=1S/C67H115NO10/c1-4-7-10-13-16-19-22-24-25-26-27-28-29-30-31-32-33-34-35-36-37-38-40-43-46-49-52-55-62(72)78-65-64(74)63(73)61(56-69)77-67(65)76-57-58(59(70)53-50-47-44-42-39-23-20-17-14-11-8-5-2)68-66(75)60(71)54-51-48-45-41-21-18-15-12-9-6-3/h7,10,15-16,18-19,24-25,27-28,30-31,33-34,50,53,58-61,63-65,67,69-71,73-74H,4-6,8-9,11-14,17,20-23,26,29,32,35-49,51-52,54-57H2,1-3H3,(H,68,75)/b10-7-,18-15-,19-16-,25-24-,28-27-,31-30-,34-33-,53-50+. The summed E-state index contributed by atoms with van der Waals surface area (Å²) in [6.45, 7) is 5.60. The van der Waals surface area contributed by atoms with E-state index in [1.54, 1.807) is 6.08 Å². The van der Waals surface area contributed by atoms with E-state index in [0.717, 1.165) is 122 Å². The monoisotopic (exact) mass is 1090 g/mol. The molecule has 0 aromatic carbocycles. The van der Waals surface area contributed by atoms with Crippen LogP contribution in [0.3, 0.4) is 0 Å². The number of amides is 1. The van der Waals surface area contributed by atoms with E-state index < -0.39 is 67.4 Å². The molecule has 0 bridgehead atoms. The molecule has 6 N–H and O–H groups in total. The van der Waals surface area contributed by atoms with Crippen LogP contribution in [0.25, 0.3) is 0 Å². The summed E-state index contributed by atoms with van der Waals surface area (Å²) in [5.74, 6) is -1.22. The van der Waals surface area contributed by atoms with Crippen LogP contribution in [0.15, 0.2) is 97.2 Å². The Morgan fingerprint density at radius 3 is 1.44 bits per heavy atom. The number of hydrogen-bond donors (Lipinski definition) is 6. The molecule has 1 amide bonds. The van der Waals surface area contributed by atoms with Crippen molar-refractivity contribution in [1.82, 2.24) is 5.32 Å². The molecule has 1 saturated heterocycles. The lowest BCUT2D eigenvalue weighted by Gasteiger charge is -2.41. The summed E-state index contributed by atoms with van der Waals surface area (Å²) < 4.78 is 17.6. The number of carbonyl (C=O) groups excluding carboxylic acids is 2. The topological polar surface area (TPSA) is 175 Å². The third-order valence-electron chi connectivity index (χ3n) is 14.2. The summed E-state index contributed by atoms with van der Waals surface area (Å²) in [5.41, 5.74) is 0. The molecule has 11 heteroatoms. The van der Waals surface area contributed by atoms with Crippen molar-refractivity contribution in [3.05, 3.63) is 97.2 Å². The maximum Gasteiger partial charge on any atom is 0.306 e. The second kappa shape index (κ2) is 54.2. The molecule has 0 radical (unpaired) electrons. The minimum absolute atomic E-state index is 0.108. The molecular weight excluding hydrogens is 979 g/mol. The van der Waals surface area contributed by atoms with Gasteiger partial charge in [-0.1, -0.05) is 246 Å². The van der Waals surface area contributed by atoms with Crippen molar-refractivity contribution in [1.29, 1.82) is 0 Å². The normalized spacial score (nSPS) is 19.6. The first kappa shape index (κ1) is 72.6. The molecule has 11 nitrogen and oxygen atoms in total. The Kier molecular flexibility index (Phi) is 50.4. The Morgan fingerprint density at radius 2 is 0.936 bits per heavy atom. The zero-order valence-electron chi connectivity index (χ0n) is 49.5. The van der Waals surface area contributed by atoms with Crippen molar-refractivity contribution in [2.75, 3.05) is 13.2 Å². The van der Waals surface area contributed by atoms with Crippen molar-refractivity contribution in [2.24, 2.45) is 0 Å². The summed E-state index contributed by atoms with van der Waals surface area (Å²) in [4.78, 5) is 26.5. The molecule has 1 heterocycles. The second-order valence-corrected chi connectivity index (χ2v) is 21.4. The minimum atomic E-state index is -1.62. The first-order chi connectivity index (χ1) is 38.2. The summed E-state index contributed by atoms with van der Waals surface area (Å²) in [7, 11) is 0. The lowest BCUT2D eigenvalue weighted by molar-refractivity contribution is -0.305. The summed E-state index contributed by atoms with van der Waals surface area (Å²) in [6.07, 6.45) is 61.7. The molecule has 0 spiro atoms. The molecule has 8 unspecified atom stereocenters. The number of aliphatic hydroxyl groups is 5. The van der Waals surface area contributed by atoms with Crippen LogP contribution in [0.5, 0.6) is 0 Å². The molecule has 0 aromatic heterocycles. The van der Waals surface area contributed by atoms with E-state index in [1.807, 2.05) is 6.08 Å². The SMILES string of the molecule is CC/C=C\C/C=C\C/C=C\C/C=C\C/C=C\C/C=C\CCCCCCCCCCC(=O)OC1C(OCC(NC(=O)C(O)CCCCCC/C=C\CCCC)C(O)/C=C/CCCCCCCCCCCC)OC(CO)C(O)C1O. The molecule has 448 valence electrons. The fourth-order valence-electron chi connectivity index (χ4n) is 9.22. The van der Waals surface area contributed by atoms with Gasteiger partial charge in [0.05, 0.1) is 25.4 Å². The van der Waals surface area contributed by atoms with Crippen molar-refractivity contribution in [3.63, 3.8) is 0 Å². The molecule has 0 aliphatic carbocycles. The number of unbranched alkanes of at least 4 members (excludes halogenated alkanes) is 24. The molecule has 1 rings (SSSR count). The van der Waals surface area contributed by atoms with E-state index in [0.29, 0.717) is 12.8 Å². The zero-order chi connectivity index (χ0) is 56.8. The van der Waals surface area contributed by atoms with Crippen LogP contribution in [0.1, 0.15) is 252 Å². The fraction of sp³-hybridized carbons (Fsp3) is 0.731. The minimum Gasteiger partial charge on any atom is -0.454 e. The van der Waals surface area contributed by atoms with E-state index in [2.05, 4.69) is 111 Å². The molecule has 8 atom stereocenters. The number of esters is 1. The van der Waals surface area contributed by atoms with Crippen molar-refractivity contribution < 1.29 is 49.3 Å². The Morgan fingerprint density at radius 1 is 0.513 bits per heavy atom. The highest BCUT2D eigenvalue weighted by atomic mass is 16.7. The number of aliphatic hydroxyl groups excluding tert-OH is 5. The number of hydrogen-bond acceptors (Lipinski definition) is 10. The first-order valence-electron chi connectivity index (χ1n) is 31.5. The molecular formula is C67H115NO10. The largest absolute Gasteiger partial charge is 0.454 e. The zero-order valence-corrected chi connectivity index (χ0v) is 49.5. The fourth-order valence-corrected chi connectivity index (χ4v) is 9.22. The Balaban J connectivity index is 2.58. The number of carbonyl (C=O) groups is 2. The highest BCUT2D eigenvalue weighted by molar-refractivity contribution is 5.80. The molecule has 1 aliphatic rings. The van der Waals surface area contributed by atoms with Gasteiger partial charge in [-0.3, -0.25) is 9.59 Å². The Labute approximate surface area is 475 Å². The lowest BCUT2D eigenvalue weighted by atomic mass is 9.99. The van der Waals surface area contributed by atoms with Gasteiger partial charge < -0.3 is 45.1 Å². The highest BCUT2D eigenvalue weighted by Gasteiger charge is 2.47. The van der Waals surface area contributed by atoms with Crippen LogP contribution >= 0.6 is 0 Å². The van der Waals surface area contributed by atoms with Crippen molar-refractivity contribution >= 4 is 11.9 Å². The number of ether oxygens (including phenoxy) is 3. The summed E-state index contributed by atoms with van der Waals surface area (Å²) in [5, 5.41) is 56.8. The van der Waals surface area contributed by atoms with Gasteiger partial charge in [0.15, 0.2) is 12.4 Å². The molecule has 78 heavy (non-hydrogen) atoms. The van der Waals surface area contributed by atoms with E-state index >= 15 is 0 Å². The van der Waals surface area contributed by atoms with Gasteiger partial charge >= 0.3 is 5.97 Å². The predicted molar refractivity (Wildman–Crippen MR) is 324 cm³/mol. The second-order valence-electron chi connectivity index (χ2n) is 21.4. The van der Waals surface area contributed by atoms with Crippen LogP contribution in [-0.4, -0.2) is 99.6 Å². The van der Waals surface area contributed by atoms with Gasteiger partial charge in [0.1, 0.15) is 24.4 Å². The summed E-state index contributed by atoms with van der Waals surface area (Å²) in [6, 6.07) is -1.03. The van der Waals surface area contributed by atoms with Gasteiger partial charge in [0.2, 0.25) is 5.91 Å². The quantitative estimate of drug-likeness (QED) is 0.0195. The number of rotatable bonds is 52. The van der Waals surface area contributed by atoms with Crippen molar-refractivity contribution in [3.8, 4) is 0 Å². The highest BCUT2D eigenvalue weighted by Crippen LogP contribution is 2.26. The Hall–Kier alpha value is -3.42. The number of nitrogens with one attached hydrogen (secondary N) is 1. The van der Waals surface area contributed by atoms with Crippen LogP contribution < -0.4 is 5.32 Å². The van der Waals surface area contributed by atoms with Gasteiger partial charge in [-0.25, -0.2) is 0 Å². The van der Waals surface area contributed by atoms with Crippen LogP contribution in [0, 0.1) is 0 Å². The van der Waals surface area contributed by atoms with Gasteiger partial charge in [0, 0.05) is 6.42 Å².